The molecule has 0 aliphatic carbocycles. The van der Waals surface area contributed by atoms with Gasteiger partial charge in [0.2, 0.25) is 0 Å². The average molecular weight is 281 g/mol. The van der Waals surface area contributed by atoms with Crippen molar-refractivity contribution in [1.82, 2.24) is 15.3 Å². The van der Waals surface area contributed by atoms with Gasteiger partial charge in [0.1, 0.15) is 5.82 Å². The zero-order chi connectivity index (χ0) is 14.3. The predicted molar refractivity (Wildman–Crippen MR) is 84.8 cm³/mol. The highest BCUT2D eigenvalue weighted by atomic mass is 32.2. The minimum Gasteiger partial charge on any atom is -0.320 e. The van der Waals surface area contributed by atoms with E-state index in [4.69, 9.17) is 0 Å². The van der Waals surface area contributed by atoms with Crippen LogP contribution in [0, 0.1) is 19.8 Å². The van der Waals surface area contributed by atoms with Crippen molar-refractivity contribution in [3.05, 3.63) is 22.8 Å². The SMILES string of the molecule is CNCCCc1c(C)nc(CSCC(C)C)nc1C. The molecule has 0 aliphatic heterocycles. The molecule has 19 heavy (non-hydrogen) atoms. The number of aromatic nitrogens is 2. The molecule has 0 radical (unpaired) electrons. The highest BCUT2D eigenvalue weighted by Gasteiger charge is 2.08. The van der Waals surface area contributed by atoms with Crippen LogP contribution < -0.4 is 5.32 Å². The van der Waals surface area contributed by atoms with Crippen molar-refractivity contribution < 1.29 is 0 Å². The largest absolute Gasteiger partial charge is 0.320 e. The summed E-state index contributed by atoms with van der Waals surface area (Å²) in [5.74, 6) is 3.81. The summed E-state index contributed by atoms with van der Waals surface area (Å²) in [4.78, 5) is 9.31. The van der Waals surface area contributed by atoms with Crippen LogP contribution in [-0.2, 0) is 12.2 Å². The van der Waals surface area contributed by atoms with E-state index in [2.05, 4.69) is 43.0 Å². The number of rotatable bonds is 8. The van der Waals surface area contributed by atoms with Crippen molar-refractivity contribution in [1.29, 1.82) is 0 Å². The van der Waals surface area contributed by atoms with Gasteiger partial charge in [-0.1, -0.05) is 13.8 Å². The zero-order valence-electron chi connectivity index (χ0n) is 12.9. The lowest BCUT2D eigenvalue weighted by atomic mass is 10.1. The minimum atomic E-state index is 0.730. The molecule has 0 saturated carbocycles. The van der Waals surface area contributed by atoms with Crippen molar-refractivity contribution >= 4 is 11.8 Å². The number of hydrogen-bond donors (Lipinski definition) is 1. The van der Waals surface area contributed by atoms with Crippen LogP contribution in [0.15, 0.2) is 0 Å². The highest BCUT2D eigenvalue weighted by Crippen LogP contribution is 2.17. The van der Waals surface area contributed by atoms with E-state index < -0.39 is 0 Å². The Bertz CT molecular complexity index is 368. The van der Waals surface area contributed by atoms with Crippen LogP contribution in [-0.4, -0.2) is 29.3 Å². The molecular formula is C15H27N3S. The molecule has 0 spiro atoms. The molecule has 0 bridgehead atoms. The number of hydrogen-bond acceptors (Lipinski definition) is 4. The molecular weight excluding hydrogens is 254 g/mol. The van der Waals surface area contributed by atoms with Gasteiger partial charge in [-0.3, -0.25) is 0 Å². The summed E-state index contributed by atoms with van der Waals surface area (Å²) in [5, 5.41) is 3.18. The lowest BCUT2D eigenvalue weighted by molar-refractivity contribution is 0.713. The molecule has 0 atom stereocenters. The van der Waals surface area contributed by atoms with E-state index in [1.54, 1.807) is 0 Å². The first-order chi connectivity index (χ1) is 9.04. The second-order valence-corrected chi connectivity index (χ2v) is 6.44. The Morgan fingerprint density at radius 2 is 1.79 bits per heavy atom. The van der Waals surface area contributed by atoms with Crippen molar-refractivity contribution in [3.8, 4) is 0 Å². The molecule has 0 saturated heterocycles. The van der Waals surface area contributed by atoms with E-state index in [1.165, 1.54) is 11.3 Å². The standard InChI is InChI=1S/C15H27N3S/c1-11(2)9-19-10-15-17-12(3)14(13(4)18-15)7-6-8-16-5/h11,16H,6-10H2,1-5H3. The Morgan fingerprint density at radius 3 is 2.32 bits per heavy atom. The molecule has 0 aliphatic rings. The van der Waals surface area contributed by atoms with Crippen LogP contribution in [0.3, 0.4) is 0 Å². The normalized spacial score (nSPS) is 11.3. The summed E-state index contributed by atoms with van der Waals surface area (Å²) < 4.78 is 0. The van der Waals surface area contributed by atoms with Gasteiger partial charge < -0.3 is 5.32 Å². The summed E-state index contributed by atoms with van der Waals surface area (Å²) >= 11 is 1.92. The van der Waals surface area contributed by atoms with Gasteiger partial charge in [-0.15, -0.1) is 0 Å². The van der Waals surface area contributed by atoms with Gasteiger partial charge in [0.25, 0.3) is 0 Å². The van der Waals surface area contributed by atoms with Gasteiger partial charge in [-0.25, -0.2) is 9.97 Å². The third-order valence-electron chi connectivity index (χ3n) is 3.00. The Kier molecular flexibility index (Phi) is 7.39. The average Bonchev–Trinajstić information content (AvgIpc) is 2.32. The highest BCUT2D eigenvalue weighted by molar-refractivity contribution is 7.98. The molecule has 4 heteroatoms. The van der Waals surface area contributed by atoms with E-state index in [-0.39, 0.29) is 0 Å². The van der Waals surface area contributed by atoms with Crippen molar-refractivity contribution in [2.75, 3.05) is 19.3 Å². The molecule has 0 amide bonds. The molecule has 0 aromatic carbocycles. The van der Waals surface area contributed by atoms with Crippen molar-refractivity contribution in [2.24, 2.45) is 5.92 Å². The number of nitrogens with one attached hydrogen (secondary N) is 1. The molecule has 0 fully saturated rings. The molecule has 1 rings (SSSR count). The third-order valence-corrected chi connectivity index (χ3v) is 4.37. The molecule has 3 nitrogen and oxygen atoms in total. The third kappa shape index (κ3) is 5.91. The summed E-state index contributed by atoms with van der Waals surface area (Å²) in [6.45, 7) is 9.76. The summed E-state index contributed by atoms with van der Waals surface area (Å²) in [7, 11) is 1.99. The molecule has 1 aromatic heterocycles. The lowest BCUT2D eigenvalue weighted by Gasteiger charge is -2.11. The minimum absolute atomic E-state index is 0.730. The second-order valence-electron chi connectivity index (χ2n) is 5.41. The fourth-order valence-corrected chi connectivity index (χ4v) is 2.96. The maximum atomic E-state index is 4.66. The Balaban J connectivity index is 2.62. The summed E-state index contributed by atoms with van der Waals surface area (Å²) in [5.41, 5.74) is 3.64. The maximum absolute atomic E-state index is 4.66. The van der Waals surface area contributed by atoms with Gasteiger partial charge in [-0.2, -0.15) is 11.8 Å². The number of thioether (sulfide) groups is 1. The first-order valence-electron chi connectivity index (χ1n) is 7.10. The molecule has 108 valence electrons. The quantitative estimate of drug-likeness (QED) is 0.743. The van der Waals surface area contributed by atoms with Crippen molar-refractivity contribution in [3.63, 3.8) is 0 Å². The monoisotopic (exact) mass is 281 g/mol. The van der Waals surface area contributed by atoms with Crippen LogP contribution in [0.25, 0.3) is 0 Å². The summed E-state index contributed by atoms with van der Waals surface area (Å²) in [6, 6.07) is 0. The van der Waals surface area contributed by atoms with Gasteiger partial charge >= 0.3 is 0 Å². The molecule has 1 heterocycles. The summed E-state index contributed by atoms with van der Waals surface area (Å²) in [6.07, 6.45) is 2.21. The van der Waals surface area contributed by atoms with Crippen LogP contribution in [0.4, 0.5) is 0 Å². The maximum Gasteiger partial charge on any atom is 0.138 e. The van der Waals surface area contributed by atoms with E-state index in [1.807, 2.05) is 18.8 Å². The van der Waals surface area contributed by atoms with Crippen LogP contribution in [0.5, 0.6) is 0 Å². The van der Waals surface area contributed by atoms with Gasteiger partial charge in [0.05, 0.1) is 5.75 Å². The second kappa shape index (κ2) is 8.54. The fourth-order valence-electron chi connectivity index (χ4n) is 2.06. The Morgan fingerprint density at radius 1 is 1.16 bits per heavy atom. The fraction of sp³-hybridized carbons (Fsp3) is 0.733. The molecule has 1 N–H and O–H groups in total. The van der Waals surface area contributed by atoms with E-state index in [9.17, 15) is 0 Å². The molecule has 0 unspecified atom stereocenters. The predicted octanol–water partition coefficient (Wildman–Crippen LogP) is 3.13. The first kappa shape index (κ1) is 16.4. The van der Waals surface area contributed by atoms with Gasteiger partial charge in [0.15, 0.2) is 0 Å². The first-order valence-corrected chi connectivity index (χ1v) is 8.25. The zero-order valence-corrected chi connectivity index (χ0v) is 13.7. The van der Waals surface area contributed by atoms with Crippen LogP contribution in [0.2, 0.25) is 0 Å². The van der Waals surface area contributed by atoms with Crippen LogP contribution in [0.1, 0.15) is 43.0 Å². The smallest absolute Gasteiger partial charge is 0.138 e. The van der Waals surface area contributed by atoms with E-state index in [0.29, 0.717) is 0 Å². The van der Waals surface area contributed by atoms with Gasteiger partial charge in [-0.05, 0) is 57.5 Å². The Labute approximate surface area is 122 Å². The van der Waals surface area contributed by atoms with E-state index >= 15 is 0 Å². The van der Waals surface area contributed by atoms with Crippen molar-refractivity contribution in [2.45, 2.75) is 46.3 Å². The van der Waals surface area contributed by atoms with E-state index in [0.717, 1.165) is 48.3 Å². The topological polar surface area (TPSA) is 37.8 Å². The number of nitrogens with zero attached hydrogens (tertiary/aromatic N) is 2. The lowest BCUT2D eigenvalue weighted by Crippen LogP contribution is -2.11. The van der Waals surface area contributed by atoms with Crippen LogP contribution >= 0.6 is 11.8 Å². The molecule has 1 aromatic rings. The Hall–Kier alpha value is -0.610. The number of aryl methyl sites for hydroxylation is 2. The van der Waals surface area contributed by atoms with Gasteiger partial charge in [0, 0.05) is 11.4 Å².